The molecule has 1 aromatic carbocycles. The van der Waals surface area contributed by atoms with E-state index in [-0.39, 0.29) is 31.5 Å². The lowest BCUT2D eigenvalue weighted by Crippen LogP contribution is -2.99. The standard InChI is InChI=1S/C11H8Cl4N2O4/c12-3-1-4(9(18)5(13)2-3)10(19)7-8(17(20)21)6(14)11(15)16-7/h1-2,10,16-20H. The Balaban J connectivity index is 2.61. The lowest BCUT2D eigenvalue weighted by Gasteiger charge is -2.17. The van der Waals surface area contributed by atoms with E-state index in [0.717, 1.165) is 0 Å². The smallest absolute Gasteiger partial charge is 0.208 e. The summed E-state index contributed by atoms with van der Waals surface area (Å²) in [5.41, 5.74) is -0.666. The zero-order valence-corrected chi connectivity index (χ0v) is 13.0. The summed E-state index contributed by atoms with van der Waals surface area (Å²) in [6.45, 7) is 0. The minimum absolute atomic E-state index is 0.0791. The molecule has 2 unspecified atom stereocenters. The van der Waals surface area contributed by atoms with Gasteiger partial charge in [-0.05, 0) is 12.1 Å². The molecule has 0 bridgehead atoms. The second-order valence-corrected chi connectivity index (χ2v) is 5.67. The van der Waals surface area contributed by atoms with Gasteiger partial charge in [-0.25, -0.2) is 5.21 Å². The molecule has 2 atom stereocenters. The largest absolute Gasteiger partial charge is 0.595 e. The van der Waals surface area contributed by atoms with E-state index in [1.807, 2.05) is 0 Å². The van der Waals surface area contributed by atoms with Crippen molar-refractivity contribution in [1.82, 2.24) is 4.98 Å². The third-order valence-electron chi connectivity index (χ3n) is 2.77. The highest BCUT2D eigenvalue weighted by Crippen LogP contribution is 2.41. The number of benzene rings is 1. The Morgan fingerprint density at radius 3 is 2.38 bits per heavy atom. The number of hydrogen-bond acceptors (Lipinski definition) is 4. The van der Waals surface area contributed by atoms with Crippen molar-refractivity contribution >= 4 is 52.1 Å². The van der Waals surface area contributed by atoms with Crippen molar-refractivity contribution in [2.24, 2.45) is 0 Å². The lowest BCUT2D eigenvalue weighted by atomic mass is 10.0. The van der Waals surface area contributed by atoms with Crippen molar-refractivity contribution in [3.63, 3.8) is 0 Å². The zero-order valence-electron chi connectivity index (χ0n) is 9.99. The first kappa shape index (κ1) is 16.7. The van der Waals surface area contributed by atoms with Crippen molar-refractivity contribution in [2.45, 2.75) is 6.10 Å². The van der Waals surface area contributed by atoms with Crippen molar-refractivity contribution < 1.29 is 20.6 Å². The van der Waals surface area contributed by atoms with Gasteiger partial charge in [0.1, 0.15) is 27.7 Å². The Labute approximate surface area is 138 Å². The highest BCUT2D eigenvalue weighted by molar-refractivity contribution is 6.43. The molecule has 1 heterocycles. The Kier molecular flexibility index (Phi) is 4.92. The highest BCUT2D eigenvalue weighted by Gasteiger charge is 2.29. The van der Waals surface area contributed by atoms with Gasteiger partial charge in [-0.3, -0.25) is 0 Å². The van der Waals surface area contributed by atoms with Crippen LogP contribution in [0.25, 0.3) is 0 Å². The molecule has 2 rings (SSSR count). The summed E-state index contributed by atoms with van der Waals surface area (Å²) < 4.78 is 0. The molecule has 0 aliphatic heterocycles. The number of aromatic nitrogens is 1. The predicted octanol–water partition coefficient (Wildman–Crippen LogP) is 2.82. The molecule has 1 aromatic heterocycles. The molecule has 6 nitrogen and oxygen atoms in total. The van der Waals surface area contributed by atoms with Crippen LogP contribution < -0.4 is 5.23 Å². The van der Waals surface area contributed by atoms with Crippen molar-refractivity contribution in [3.05, 3.63) is 48.8 Å². The maximum atomic E-state index is 11.2. The minimum atomic E-state index is -1.56. The Morgan fingerprint density at radius 2 is 1.81 bits per heavy atom. The van der Waals surface area contributed by atoms with Crippen LogP contribution in [-0.4, -0.2) is 20.4 Å². The molecule has 0 spiro atoms. The van der Waals surface area contributed by atoms with Gasteiger partial charge in [-0.15, -0.1) is 0 Å². The number of aliphatic hydroxyl groups is 1. The first-order chi connectivity index (χ1) is 9.73. The van der Waals surface area contributed by atoms with Crippen LogP contribution >= 0.6 is 46.4 Å². The van der Waals surface area contributed by atoms with Crippen LogP contribution in [-0.2, 0) is 0 Å². The predicted molar refractivity (Wildman–Crippen MR) is 78.8 cm³/mol. The van der Waals surface area contributed by atoms with Crippen LogP contribution in [0.5, 0.6) is 5.75 Å². The Morgan fingerprint density at radius 1 is 1.19 bits per heavy atom. The maximum Gasteiger partial charge on any atom is 0.208 e. The van der Waals surface area contributed by atoms with E-state index >= 15 is 0 Å². The fourth-order valence-corrected chi connectivity index (χ4v) is 2.76. The van der Waals surface area contributed by atoms with Crippen LogP contribution in [0.3, 0.4) is 0 Å². The molecule has 0 fully saturated rings. The number of hydrogen-bond donors (Lipinski definition) is 5. The van der Waals surface area contributed by atoms with E-state index < -0.39 is 22.8 Å². The van der Waals surface area contributed by atoms with Crippen LogP contribution in [0, 0.1) is 5.21 Å². The SMILES string of the molecule is [O-][NH+](O)c1c(C(O)c2cc(Cl)cc(Cl)c2O)[nH]c(Cl)c1Cl. The molecule has 2 aromatic rings. The molecular formula is C11H8Cl4N2O4. The quantitative estimate of drug-likeness (QED) is 0.533. The summed E-state index contributed by atoms with van der Waals surface area (Å²) in [5, 5.41) is 38.9. The molecule has 10 heteroatoms. The molecule has 21 heavy (non-hydrogen) atoms. The molecule has 0 radical (unpaired) electrons. The summed E-state index contributed by atoms with van der Waals surface area (Å²) in [5.74, 6) is -0.424. The van der Waals surface area contributed by atoms with Gasteiger partial charge < -0.3 is 20.4 Å². The lowest BCUT2D eigenvalue weighted by molar-refractivity contribution is -0.991. The van der Waals surface area contributed by atoms with Gasteiger partial charge in [0, 0.05) is 10.6 Å². The van der Waals surface area contributed by atoms with Gasteiger partial charge in [0.05, 0.1) is 5.02 Å². The molecule has 0 aliphatic carbocycles. The molecule has 0 saturated carbocycles. The van der Waals surface area contributed by atoms with E-state index in [2.05, 4.69) is 4.98 Å². The van der Waals surface area contributed by atoms with Crippen LogP contribution in [0.1, 0.15) is 17.4 Å². The summed E-state index contributed by atoms with van der Waals surface area (Å²) in [6, 6.07) is 2.53. The van der Waals surface area contributed by atoms with Crippen LogP contribution in [0.15, 0.2) is 12.1 Å². The minimum Gasteiger partial charge on any atom is -0.595 e. The van der Waals surface area contributed by atoms with Gasteiger partial charge in [-0.2, -0.15) is 5.23 Å². The third kappa shape index (κ3) is 3.08. The molecule has 0 saturated heterocycles. The number of rotatable bonds is 3. The summed E-state index contributed by atoms with van der Waals surface area (Å²) in [7, 11) is 0. The molecule has 0 aliphatic rings. The van der Waals surface area contributed by atoms with Gasteiger partial charge in [-0.1, -0.05) is 46.4 Å². The van der Waals surface area contributed by atoms with E-state index in [0.29, 0.717) is 0 Å². The number of nitrogens with one attached hydrogen (secondary N) is 2. The Hall–Kier alpha value is -0.700. The number of halogens is 4. The second-order valence-electron chi connectivity index (χ2n) is 4.07. The number of aromatic hydroxyl groups is 1. The van der Waals surface area contributed by atoms with E-state index in [9.17, 15) is 15.4 Å². The summed E-state index contributed by atoms with van der Waals surface area (Å²) in [4.78, 5) is 2.46. The van der Waals surface area contributed by atoms with Crippen LogP contribution in [0.2, 0.25) is 20.2 Å². The number of quaternary nitrogens is 1. The van der Waals surface area contributed by atoms with Gasteiger partial charge in [0.25, 0.3) is 0 Å². The average Bonchev–Trinajstić information content (AvgIpc) is 2.69. The molecule has 114 valence electrons. The monoisotopic (exact) mass is 372 g/mol. The fourth-order valence-electron chi connectivity index (χ4n) is 1.83. The van der Waals surface area contributed by atoms with Gasteiger partial charge in [0.15, 0.2) is 0 Å². The van der Waals surface area contributed by atoms with E-state index in [1.54, 1.807) is 0 Å². The fraction of sp³-hybridized carbons (Fsp3) is 0.0909. The van der Waals surface area contributed by atoms with Crippen LogP contribution in [0.4, 0.5) is 5.69 Å². The van der Waals surface area contributed by atoms with E-state index in [1.165, 1.54) is 12.1 Å². The zero-order chi connectivity index (χ0) is 15.9. The Bertz CT molecular complexity index is 689. The summed E-state index contributed by atoms with van der Waals surface area (Å²) in [6.07, 6.45) is -1.56. The number of aliphatic hydroxyl groups excluding tert-OH is 1. The first-order valence-electron chi connectivity index (χ1n) is 5.40. The van der Waals surface area contributed by atoms with E-state index in [4.69, 9.17) is 51.6 Å². The topological polar surface area (TPSA) is 104 Å². The van der Waals surface area contributed by atoms with Crippen molar-refractivity contribution in [1.29, 1.82) is 0 Å². The average molecular weight is 374 g/mol. The first-order valence-corrected chi connectivity index (χ1v) is 6.91. The molecular weight excluding hydrogens is 366 g/mol. The number of phenolic OH excluding ortho intramolecular Hbond substituents is 1. The second kappa shape index (κ2) is 6.20. The molecule has 0 amide bonds. The normalized spacial score (nSPS) is 14.2. The van der Waals surface area contributed by atoms with Gasteiger partial charge in [0.2, 0.25) is 5.69 Å². The maximum absolute atomic E-state index is 11.2. The third-order valence-corrected chi connectivity index (χ3v) is 4.03. The van der Waals surface area contributed by atoms with Gasteiger partial charge >= 0.3 is 0 Å². The van der Waals surface area contributed by atoms with Crippen molar-refractivity contribution in [2.75, 3.05) is 0 Å². The molecule has 5 N–H and O–H groups in total. The number of phenols is 1. The number of aromatic amines is 1. The summed E-state index contributed by atoms with van der Waals surface area (Å²) >= 11 is 23.1. The van der Waals surface area contributed by atoms with Crippen molar-refractivity contribution in [3.8, 4) is 5.75 Å². The highest BCUT2D eigenvalue weighted by atomic mass is 35.5. The number of H-pyrrole nitrogens is 1.